The van der Waals surface area contributed by atoms with Gasteiger partial charge in [-0.2, -0.15) is 5.10 Å². The minimum absolute atomic E-state index is 0.0522. The Hall–Kier alpha value is -1.04. The first kappa shape index (κ1) is 15.8. The number of nitrogens with zero attached hydrogens (tertiary/aromatic N) is 1. The second kappa shape index (κ2) is 6.60. The van der Waals surface area contributed by atoms with Gasteiger partial charge in [0.1, 0.15) is 5.75 Å². The van der Waals surface area contributed by atoms with E-state index >= 15 is 0 Å². The summed E-state index contributed by atoms with van der Waals surface area (Å²) in [6, 6.07) is 3.52. The van der Waals surface area contributed by atoms with Gasteiger partial charge in [-0.3, -0.25) is 5.43 Å². The predicted molar refractivity (Wildman–Crippen MR) is 93.8 cm³/mol. The number of phenols is 1. The Morgan fingerprint density at radius 3 is 2.82 bits per heavy atom. The number of hydrazone groups is 1. The molecule has 4 nitrogen and oxygen atoms in total. The van der Waals surface area contributed by atoms with Crippen LogP contribution in [0.5, 0.6) is 5.75 Å². The molecule has 0 saturated heterocycles. The number of hydrogen-bond acceptors (Lipinski definition) is 3. The highest BCUT2D eigenvalue weighted by Crippen LogP contribution is 2.44. The van der Waals surface area contributed by atoms with Crippen molar-refractivity contribution < 1.29 is 5.11 Å². The van der Waals surface area contributed by atoms with Crippen LogP contribution in [-0.4, -0.2) is 22.5 Å². The highest BCUT2D eigenvalue weighted by molar-refractivity contribution is 7.80. The van der Waals surface area contributed by atoms with Gasteiger partial charge in [-0.15, -0.1) is 0 Å². The van der Waals surface area contributed by atoms with E-state index in [1.807, 2.05) is 0 Å². The lowest BCUT2D eigenvalue weighted by Gasteiger charge is -2.23. The SMILES string of the molecule is Oc1c(Cl)cc(Cl)cc1/C=N\NC(=S)N[C@H]1C[C@H]2CC[C@H]1C2. The van der Waals surface area contributed by atoms with Crippen molar-refractivity contribution in [2.24, 2.45) is 16.9 Å². The van der Waals surface area contributed by atoms with Gasteiger partial charge in [0.05, 0.1) is 11.2 Å². The second-order valence-electron chi connectivity index (χ2n) is 5.95. The fourth-order valence-electron chi connectivity index (χ4n) is 3.47. The van der Waals surface area contributed by atoms with Gasteiger partial charge in [0.2, 0.25) is 0 Å². The number of benzene rings is 1. The van der Waals surface area contributed by atoms with Crippen LogP contribution in [-0.2, 0) is 0 Å². The van der Waals surface area contributed by atoms with Gasteiger partial charge in [0.15, 0.2) is 5.11 Å². The molecule has 0 unspecified atom stereocenters. The zero-order valence-electron chi connectivity index (χ0n) is 11.9. The summed E-state index contributed by atoms with van der Waals surface area (Å²) in [7, 11) is 0. The predicted octanol–water partition coefficient (Wildman–Crippen LogP) is 3.69. The van der Waals surface area contributed by atoms with Crippen molar-refractivity contribution in [3.8, 4) is 5.75 Å². The average Bonchev–Trinajstić information content (AvgIpc) is 3.06. The maximum Gasteiger partial charge on any atom is 0.187 e. The molecule has 1 aromatic rings. The van der Waals surface area contributed by atoms with Crippen LogP contribution < -0.4 is 10.7 Å². The zero-order valence-corrected chi connectivity index (χ0v) is 14.2. The maximum absolute atomic E-state index is 9.83. The highest BCUT2D eigenvalue weighted by Gasteiger charge is 2.39. The van der Waals surface area contributed by atoms with Crippen LogP contribution in [0.3, 0.4) is 0 Å². The molecule has 118 valence electrons. The summed E-state index contributed by atoms with van der Waals surface area (Å²) >= 11 is 17.0. The average molecular weight is 358 g/mol. The molecule has 0 radical (unpaired) electrons. The Morgan fingerprint density at radius 2 is 2.14 bits per heavy atom. The molecule has 1 aromatic carbocycles. The topological polar surface area (TPSA) is 56.7 Å². The molecule has 0 aromatic heterocycles. The van der Waals surface area contributed by atoms with Crippen LogP contribution in [0.1, 0.15) is 31.2 Å². The number of rotatable bonds is 3. The molecule has 3 N–H and O–H groups in total. The van der Waals surface area contributed by atoms with Crippen LogP contribution in [0.4, 0.5) is 0 Å². The first-order valence-corrected chi connectivity index (χ1v) is 8.47. The lowest BCUT2D eigenvalue weighted by molar-refractivity contribution is 0.389. The number of aromatic hydroxyl groups is 1. The Labute approximate surface area is 144 Å². The largest absolute Gasteiger partial charge is 0.506 e. The number of phenolic OH excluding ortho intramolecular Hbond substituents is 1. The van der Waals surface area contributed by atoms with E-state index in [0.29, 0.717) is 21.7 Å². The molecule has 0 aliphatic heterocycles. The van der Waals surface area contributed by atoms with Crippen LogP contribution in [0.15, 0.2) is 17.2 Å². The van der Waals surface area contributed by atoms with Gasteiger partial charge in [-0.05, 0) is 55.4 Å². The second-order valence-corrected chi connectivity index (χ2v) is 7.20. The van der Waals surface area contributed by atoms with E-state index in [2.05, 4.69) is 15.8 Å². The van der Waals surface area contributed by atoms with E-state index in [4.69, 9.17) is 35.4 Å². The Balaban J connectivity index is 1.55. The summed E-state index contributed by atoms with van der Waals surface area (Å²) in [6.45, 7) is 0. The van der Waals surface area contributed by atoms with E-state index in [1.54, 1.807) is 6.07 Å². The first-order chi connectivity index (χ1) is 10.5. The minimum Gasteiger partial charge on any atom is -0.506 e. The summed E-state index contributed by atoms with van der Waals surface area (Å²) in [5.41, 5.74) is 3.21. The van der Waals surface area contributed by atoms with Crippen molar-refractivity contribution in [2.75, 3.05) is 0 Å². The van der Waals surface area contributed by atoms with E-state index in [9.17, 15) is 5.11 Å². The maximum atomic E-state index is 9.83. The van der Waals surface area contributed by atoms with Crippen molar-refractivity contribution in [1.82, 2.24) is 10.7 Å². The van der Waals surface area contributed by atoms with Crippen LogP contribution >= 0.6 is 35.4 Å². The van der Waals surface area contributed by atoms with Crippen molar-refractivity contribution in [3.63, 3.8) is 0 Å². The normalized spacial score (nSPS) is 26.5. The molecular weight excluding hydrogens is 341 g/mol. The van der Waals surface area contributed by atoms with Crippen molar-refractivity contribution in [2.45, 2.75) is 31.7 Å². The fraction of sp³-hybridized carbons (Fsp3) is 0.467. The third-order valence-electron chi connectivity index (χ3n) is 4.48. The van der Waals surface area contributed by atoms with E-state index in [1.165, 1.54) is 38.0 Å². The molecule has 3 rings (SSSR count). The van der Waals surface area contributed by atoms with Crippen LogP contribution in [0.2, 0.25) is 10.0 Å². The molecule has 2 aliphatic rings. The molecule has 2 bridgehead atoms. The van der Waals surface area contributed by atoms with Crippen molar-refractivity contribution in [3.05, 3.63) is 27.7 Å². The first-order valence-electron chi connectivity index (χ1n) is 7.30. The van der Waals surface area contributed by atoms with Gasteiger partial charge in [0.25, 0.3) is 0 Å². The quantitative estimate of drug-likeness (QED) is 0.438. The van der Waals surface area contributed by atoms with Gasteiger partial charge < -0.3 is 10.4 Å². The van der Waals surface area contributed by atoms with Gasteiger partial charge in [-0.25, -0.2) is 0 Å². The highest BCUT2D eigenvalue weighted by atomic mass is 35.5. The van der Waals surface area contributed by atoms with Crippen molar-refractivity contribution >= 4 is 46.7 Å². The molecule has 2 saturated carbocycles. The minimum atomic E-state index is -0.0522. The third kappa shape index (κ3) is 3.47. The monoisotopic (exact) mass is 357 g/mol. The summed E-state index contributed by atoms with van der Waals surface area (Å²) in [6.07, 6.45) is 6.61. The molecular formula is C15H17Cl2N3OS. The summed E-state index contributed by atoms with van der Waals surface area (Å²) in [4.78, 5) is 0. The van der Waals surface area contributed by atoms with E-state index in [0.717, 1.165) is 11.8 Å². The molecule has 0 heterocycles. The summed E-state index contributed by atoms with van der Waals surface area (Å²) < 4.78 is 0. The summed E-state index contributed by atoms with van der Waals surface area (Å²) in [5.74, 6) is 1.55. The zero-order chi connectivity index (χ0) is 15.7. The molecule has 2 fully saturated rings. The van der Waals surface area contributed by atoms with Gasteiger partial charge in [0, 0.05) is 16.6 Å². The standard InChI is InChI=1S/C15H17Cl2N3OS/c16-11-5-10(14(21)12(17)6-11)7-18-20-15(22)19-13-4-8-1-2-9(13)3-8/h5-9,13,21H,1-4H2,(H2,19,20,22)/b18-7-/t8-,9-,13-/m0/s1. The molecule has 7 heteroatoms. The number of halogens is 2. The summed E-state index contributed by atoms with van der Waals surface area (Å²) in [5, 5.41) is 18.3. The number of nitrogens with one attached hydrogen (secondary N) is 2. The third-order valence-corrected chi connectivity index (χ3v) is 5.20. The van der Waals surface area contributed by atoms with Crippen molar-refractivity contribution in [1.29, 1.82) is 0 Å². The number of thiocarbonyl (C=S) groups is 1. The molecule has 0 spiro atoms. The molecule has 3 atom stereocenters. The Morgan fingerprint density at radius 1 is 1.32 bits per heavy atom. The Bertz CT molecular complexity index is 623. The molecule has 2 aliphatic carbocycles. The van der Waals surface area contributed by atoms with Crippen LogP contribution in [0, 0.1) is 11.8 Å². The van der Waals surface area contributed by atoms with Gasteiger partial charge in [-0.1, -0.05) is 29.6 Å². The smallest absolute Gasteiger partial charge is 0.187 e. The van der Waals surface area contributed by atoms with Crippen LogP contribution in [0.25, 0.3) is 0 Å². The molecule has 0 amide bonds. The number of fused-ring (bicyclic) bond motifs is 2. The molecule has 22 heavy (non-hydrogen) atoms. The lowest BCUT2D eigenvalue weighted by Crippen LogP contribution is -2.42. The van der Waals surface area contributed by atoms with E-state index < -0.39 is 0 Å². The van der Waals surface area contributed by atoms with Gasteiger partial charge >= 0.3 is 0 Å². The lowest BCUT2D eigenvalue weighted by atomic mass is 9.96. The Kier molecular flexibility index (Phi) is 4.76. The number of hydrogen-bond donors (Lipinski definition) is 3. The van der Waals surface area contributed by atoms with E-state index in [-0.39, 0.29) is 10.8 Å². The fourth-order valence-corrected chi connectivity index (χ4v) is 4.18.